The smallest absolute Gasteiger partial charge is 0.304 e. The molecule has 4 rings (SSSR count). The summed E-state index contributed by atoms with van der Waals surface area (Å²) in [5.74, 6) is -2.91. The maximum absolute atomic E-state index is 13.4. The maximum atomic E-state index is 13.4. The lowest BCUT2D eigenvalue weighted by Crippen LogP contribution is -2.25. The Morgan fingerprint density at radius 2 is 1.68 bits per heavy atom. The third-order valence-corrected chi connectivity index (χ3v) is 6.61. The third-order valence-electron chi connectivity index (χ3n) is 6.03. The van der Waals surface area contributed by atoms with E-state index in [1.165, 1.54) is 6.92 Å². The number of furan rings is 1. The summed E-state index contributed by atoms with van der Waals surface area (Å²) in [5, 5.41) is 13.3. The molecule has 0 saturated heterocycles. The number of aromatic nitrogens is 1. The highest BCUT2D eigenvalue weighted by Crippen LogP contribution is 2.41. The molecule has 2 N–H and O–H groups in total. The molecule has 0 radical (unpaired) electrons. The number of nitrogens with zero attached hydrogens (tertiary/aromatic N) is 1. The number of benzene rings is 2. The fourth-order valence-electron chi connectivity index (χ4n) is 3.96. The number of halogens is 2. The van der Waals surface area contributed by atoms with Gasteiger partial charge in [0.25, 0.3) is 0 Å². The Labute approximate surface area is 229 Å². The molecular formula is C29H26Cl2N2O5. The topological polar surface area (TPSA) is 110 Å². The number of pyridine rings is 1. The van der Waals surface area contributed by atoms with Crippen molar-refractivity contribution in [1.29, 1.82) is 0 Å². The number of carbonyl (C=O) groups excluding carboxylic acids is 2. The summed E-state index contributed by atoms with van der Waals surface area (Å²) in [4.78, 5) is 42.3. The van der Waals surface area contributed by atoms with Gasteiger partial charge in [-0.1, -0.05) is 81.2 Å². The number of anilines is 1. The highest BCUT2D eigenvalue weighted by Gasteiger charge is 2.33. The average molecular weight is 553 g/mol. The highest BCUT2D eigenvalue weighted by molar-refractivity contribution is 6.33. The Bertz CT molecular complexity index is 1550. The van der Waals surface area contributed by atoms with Crippen LogP contribution >= 0.6 is 23.2 Å². The highest BCUT2D eigenvalue weighted by atomic mass is 35.5. The van der Waals surface area contributed by atoms with Crippen LogP contribution in [-0.4, -0.2) is 27.8 Å². The molecule has 0 spiro atoms. The first kappa shape index (κ1) is 27.4. The van der Waals surface area contributed by atoms with E-state index in [2.05, 4.69) is 5.32 Å². The number of amides is 1. The molecule has 0 aliphatic rings. The quantitative estimate of drug-likeness (QED) is 0.227. The van der Waals surface area contributed by atoms with Crippen molar-refractivity contribution >= 4 is 57.6 Å². The number of ketones is 1. The monoisotopic (exact) mass is 552 g/mol. The van der Waals surface area contributed by atoms with Crippen molar-refractivity contribution in [2.75, 3.05) is 5.32 Å². The first-order valence-electron chi connectivity index (χ1n) is 11.9. The summed E-state index contributed by atoms with van der Waals surface area (Å²) >= 11 is 12.7. The Kier molecular flexibility index (Phi) is 7.63. The average Bonchev–Trinajstić information content (AvgIpc) is 3.19. The summed E-state index contributed by atoms with van der Waals surface area (Å²) in [5.41, 5.74) is 2.08. The molecule has 0 aliphatic carbocycles. The summed E-state index contributed by atoms with van der Waals surface area (Å²) in [6.45, 7) is 6.72. The van der Waals surface area contributed by atoms with E-state index in [1.54, 1.807) is 45.0 Å². The van der Waals surface area contributed by atoms with Crippen LogP contribution in [0.1, 0.15) is 44.7 Å². The predicted octanol–water partition coefficient (Wildman–Crippen LogP) is 7.75. The molecule has 0 aliphatic heterocycles. The van der Waals surface area contributed by atoms with Crippen LogP contribution in [0.2, 0.25) is 10.0 Å². The van der Waals surface area contributed by atoms with Crippen molar-refractivity contribution < 1.29 is 23.9 Å². The summed E-state index contributed by atoms with van der Waals surface area (Å²) in [6, 6.07) is 16.2. The van der Waals surface area contributed by atoms with Gasteiger partial charge in [0.15, 0.2) is 5.76 Å². The van der Waals surface area contributed by atoms with Crippen LogP contribution in [0.4, 0.5) is 5.69 Å². The lowest BCUT2D eigenvalue weighted by atomic mass is 9.88. The second kappa shape index (κ2) is 10.6. The number of Topliss-reactive ketones (excluding diaryl/α,β-unsaturated/α-hetero) is 1. The second-order valence-electron chi connectivity index (χ2n) is 10.1. The minimum absolute atomic E-state index is 0.0609. The molecule has 1 amide bonds. The SMILES string of the molecule is CC(CC(=O)O)C(=O)Nc1c(C(=O)C(C)(C)C)oc2nc(-c3ccccc3Cl)c(-c3ccc(Cl)cc3)cc12. The van der Waals surface area contributed by atoms with Crippen LogP contribution in [0, 0.1) is 11.3 Å². The Hall–Kier alpha value is -3.68. The van der Waals surface area contributed by atoms with Gasteiger partial charge in [-0.15, -0.1) is 0 Å². The van der Waals surface area contributed by atoms with Crippen LogP contribution < -0.4 is 5.32 Å². The predicted molar refractivity (Wildman–Crippen MR) is 149 cm³/mol. The van der Waals surface area contributed by atoms with E-state index in [1.807, 2.05) is 30.3 Å². The number of carbonyl (C=O) groups is 3. The van der Waals surface area contributed by atoms with Gasteiger partial charge < -0.3 is 14.8 Å². The number of carboxylic acid groups (broad SMARTS) is 1. The maximum Gasteiger partial charge on any atom is 0.304 e. The first-order valence-corrected chi connectivity index (χ1v) is 12.7. The second-order valence-corrected chi connectivity index (χ2v) is 10.9. The number of hydrogen-bond acceptors (Lipinski definition) is 5. The van der Waals surface area contributed by atoms with E-state index in [-0.39, 0.29) is 29.4 Å². The van der Waals surface area contributed by atoms with Crippen LogP contribution in [-0.2, 0) is 9.59 Å². The van der Waals surface area contributed by atoms with Gasteiger partial charge in [-0.05, 0) is 29.8 Å². The van der Waals surface area contributed by atoms with E-state index in [4.69, 9.17) is 37.7 Å². The number of hydrogen-bond donors (Lipinski definition) is 2. The Balaban J connectivity index is 2.00. The molecular weight excluding hydrogens is 527 g/mol. The molecule has 0 saturated carbocycles. The van der Waals surface area contributed by atoms with Gasteiger partial charge in [-0.25, -0.2) is 4.98 Å². The first-order chi connectivity index (χ1) is 17.9. The zero-order valence-corrected chi connectivity index (χ0v) is 22.8. The van der Waals surface area contributed by atoms with Gasteiger partial charge in [0, 0.05) is 32.5 Å². The summed E-state index contributed by atoms with van der Waals surface area (Å²) in [6.07, 6.45) is -0.366. The number of nitrogens with one attached hydrogen (secondary N) is 1. The number of rotatable bonds is 7. The zero-order chi connectivity index (χ0) is 27.8. The number of aliphatic carboxylic acids is 1. The van der Waals surface area contributed by atoms with Crippen molar-refractivity contribution in [3.63, 3.8) is 0 Å². The molecule has 0 fully saturated rings. The molecule has 196 valence electrons. The molecule has 0 bridgehead atoms. The molecule has 1 unspecified atom stereocenters. The fourth-order valence-corrected chi connectivity index (χ4v) is 4.31. The van der Waals surface area contributed by atoms with Crippen molar-refractivity contribution in [3.8, 4) is 22.4 Å². The van der Waals surface area contributed by atoms with Crippen LogP contribution in [0.3, 0.4) is 0 Å². The molecule has 2 aromatic heterocycles. The molecule has 4 aromatic rings. The van der Waals surface area contributed by atoms with Gasteiger partial charge in [0.2, 0.25) is 17.4 Å². The van der Waals surface area contributed by atoms with Crippen molar-refractivity contribution in [2.45, 2.75) is 34.1 Å². The lowest BCUT2D eigenvalue weighted by molar-refractivity contribution is -0.139. The van der Waals surface area contributed by atoms with Crippen molar-refractivity contribution in [3.05, 3.63) is 70.4 Å². The van der Waals surface area contributed by atoms with Crippen LogP contribution in [0.15, 0.2) is 59.0 Å². The third kappa shape index (κ3) is 5.59. The molecule has 2 aromatic carbocycles. The molecule has 2 heterocycles. The summed E-state index contributed by atoms with van der Waals surface area (Å²) < 4.78 is 6.01. The van der Waals surface area contributed by atoms with E-state index in [0.717, 1.165) is 5.56 Å². The van der Waals surface area contributed by atoms with Crippen LogP contribution in [0.5, 0.6) is 0 Å². The molecule has 38 heavy (non-hydrogen) atoms. The minimum Gasteiger partial charge on any atom is -0.481 e. The van der Waals surface area contributed by atoms with Gasteiger partial charge >= 0.3 is 5.97 Å². The normalized spacial score (nSPS) is 12.4. The van der Waals surface area contributed by atoms with Crippen molar-refractivity contribution in [1.82, 2.24) is 4.98 Å². The lowest BCUT2D eigenvalue weighted by Gasteiger charge is -2.16. The minimum atomic E-state index is -1.10. The van der Waals surface area contributed by atoms with Gasteiger partial charge in [0.1, 0.15) is 5.69 Å². The van der Waals surface area contributed by atoms with E-state index in [0.29, 0.717) is 32.3 Å². The number of fused-ring (bicyclic) bond motifs is 1. The fraction of sp³-hybridized carbons (Fsp3) is 0.241. The van der Waals surface area contributed by atoms with Gasteiger partial charge in [0.05, 0.1) is 17.5 Å². The molecule has 7 nitrogen and oxygen atoms in total. The largest absolute Gasteiger partial charge is 0.481 e. The Morgan fingerprint density at radius 3 is 2.29 bits per heavy atom. The zero-order valence-electron chi connectivity index (χ0n) is 21.3. The standard InChI is InChI=1S/C29H26Cl2N2O5/c1-15(13-22(34)35)27(37)32-24-20-14-19(16-9-11-17(30)12-10-16)23(18-7-5-6-8-21(18)31)33-28(20)38-25(24)26(36)29(2,3)4/h5-12,14-15H,13H2,1-4H3,(H,32,37)(H,34,35). The van der Waals surface area contributed by atoms with Crippen molar-refractivity contribution in [2.24, 2.45) is 11.3 Å². The van der Waals surface area contributed by atoms with Gasteiger partial charge in [-0.3, -0.25) is 14.4 Å². The number of carboxylic acids is 1. The Morgan fingerprint density at radius 1 is 1.03 bits per heavy atom. The summed E-state index contributed by atoms with van der Waals surface area (Å²) in [7, 11) is 0. The molecule has 9 heteroatoms. The van der Waals surface area contributed by atoms with Gasteiger partial charge in [-0.2, -0.15) is 0 Å². The van der Waals surface area contributed by atoms with E-state index >= 15 is 0 Å². The van der Waals surface area contributed by atoms with E-state index in [9.17, 15) is 14.4 Å². The van der Waals surface area contributed by atoms with Crippen LogP contribution in [0.25, 0.3) is 33.5 Å². The van der Waals surface area contributed by atoms with E-state index < -0.39 is 23.2 Å². The molecule has 1 atom stereocenters.